The number of rotatable bonds is 4. The molecular weight excluding hydrogens is 383 g/mol. The zero-order valence-electron chi connectivity index (χ0n) is 14.6. The van der Waals surface area contributed by atoms with Crippen LogP contribution in [0.2, 0.25) is 10.0 Å². The monoisotopic (exact) mass is 400 g/mol. The molecule has 1 fully saturated rings. The molecule has 2 aromatic carbocycles. The molecule has 1 aliphatic rings. The van der Waals surface area contributed by atoms with Crippen molar-refractivity contribution in [2.24, 2.45) is 4.99 Å². The first-order valence-electron chi connectivity index (χ1n) is 8.71. The second-order valence-electron chi connectivity index (χ2n) is 6.20. The summed E-state index contributed by atoms with van der Waals surface area (Å²) in [5, 5.41) is 1.15. The van der Waals surface area contributed by atoms with Gasteiger partial charge in [-0.05, 0) is 54.6 Å². The van der Waals surface area contributed by atoms with Crippen LogP contribution in [0.25, 0.3) is 11.3 Å². The van der Waals surface area contributed by atoms with Gasteiger partial charge in [0.1, 0.15) is 11.5 Å². The molecule has 6 heteroatoms. The van der Waals surface area contributed by atoms with E-state index in [9.17, 15) is 0 Å². The van der Waals surface area contributed by atoms with Crippen molar-refractivity contribution in [1.29, 1.82) is 0 Å². The minimum absolute atomic E-state index is 0.555. The van der Waals surface area contributed by atoms with Gasteiger partial charge >= 0.3 is 0 Å². The van der Waals surface area contributed by atoms with Crippen LogP contribution in [0, 0.1) is 0 Å². The molecule has 0 saturated carbocycles. The molecule has 0 amide bonds. The number of hydrogen-bond acceptors (Lipinski definition) is 4. The molecule has 1 aliphatic heterocycles. The average molecular weight is 401 g/mol. The summed E-state index contributed by atoms with van der Waals surface area (Å²) in [6.07, 6.45) is 1.71. The Morgan fingerprint density at radius 2 is 1.70 bits per heavy atom. The van der Waals surface area contributed by atoms with Gasteiger partial charge in [-0.2, -0.15) is 0 Å². The Labute approximate surface area is 168 Å². The van der Waals surface area contributed by atoms with Crippen molar-refractivity contribution in [2.75, 3.05) is 31.2 Å². The van der Waals surface area contributed by atoms with Gasteiger partial charge in [-0.1, -0.05) is 23.2 Å². The Balaban J connectivity index is 1.46. The average Bonchev–Trinajstić information content (AvgIpc) is 3.16. The quantitative estimate of drug-likeness (QED) is 0.516. The lowest BCUT2D eigenvalue weighted by Gasteiger charge is -2.28. The van der Waals surface area contributed by atoms with Gasteiger partial charge in [0.05, 0.1) is 30.1 Å². The molecule has 0 bridgehead atoms. The summed E-state index contributed by atoms with van der Waals surface area (Å²) in [4.78, 5) is 6.80. The standard InChI is InChI=1S/C21H18Cl2N2O2/c22-15-1-7-19(20(23)13-15)21-8-6-18(27-21)14-24-16-2-4-17(5-3-16)25-9-11-26-12-10-25/h1-8,13-14H,9-12H2. The highest BCUT2D eigenvalue weighted by molar-refractivity contribution is 6.36. The van der Waals surface area contributed by atoms with Crippen molar-refractivity contribution in [3.05, 3.63) is 70.4 Å². The maximum Gasteiger partial charge on any atom is 0.145 e. The van der Waals surface area contributed by atoms with Gasteiger partial charge in [-0.3, -0.25) is 4.99 Å². The first-order chi connectivity index (χ1) is 13.2. The highest BCUT2D eigenvalue weighted by Gasteiger charge is 2.11. The van der Waals surface area contributed by atoms with E-state index in [0.29, 0.717) is 21.6 Å². The van der Waals surface area contributed by atoms with Crippen LogP contribution in [0.1, 0.15) is 5.76 Å². The molecular formula is C21H18Cl2N2O2. The van der Waals surface area contributed by atoms with E-state index in [1.165, 1.54) is 5.69 Å². The number of halogens is 2. The summed E-state index contributed by atoms with van der Waals surface area (Å²) in [7, 11) is 0. The fourth-order valence-electron chi connectivity index (χ4n) is 2.97. The largest absolute Gasteiger partial charge is 0.455 e. The molecule has 0 unspecified atom stereocenters. The van der Waals surface area contributed by atoms with Gasteiger partial charge in [-0.15, -0.1) is 0 Å². The Morgan fingerprint density at radius 1 is 0.926 bits per heavy atom. The summed E-state index contributed by atoms with van der Waals surface area (Å²) in [5.74, 6) is 1.34. The van der Waals surface area contributed by atoms with Crippen LogP contribution in [-0.2, 0) is 4.74 Å². The fraction of sp³-hybridized carbons (Fsp3) is 0.190. The molecule has 0 N–H and O–H groups in total. The highest BCUT2D eigenvalue weighted by Crippen LogP contribution is 2.31. The summed E-state index contributed by atoms with van der Waals surface area (Å²) < 4.78 is 11.2. The maximum atomic E-state index is 6.24. The third kappa shape index (κ3) is 4.35. The number of nitrogens with zero attached hydrogens (tertiary/aromatic N) is 2. The van der Waals surface area contributed by atoms with Crippen molar-refractivity contribution in [2.45, 2.75) is 0 Å². The van der Waals surface area contributed by atoms with E-state index in [-0.39, 0.29) is 0 Å². The van der Waals surface area contributed by atoms with Crippen LogP contribution < -0.4 is 4.90 Å². The van der Waals surface area contributed by atoms with Crippen LogP contribution in [0.4, 0.5) is 11.4 Å². The van der Waals surface area contributed by atoms with Crippen LogP contribution in [-0.4, -0.2) is 32.5 Å². The van der Waals surface area contributed by atoms with E-state index in [1.54, 1.807) is 18.3 Å². The number of ether oxygens (including phenoxy) is 1. The van der Waals surface area contributed by atoms with Gasteiger partial charge in [0.2, 0.25) is 0 Å². The summed E-state index contributed by atoms with van der Waals surface area (Å²) in [6, 6.07) is 17.2. The molecule has 3 aromatic rings. The minimum Gasteiger partial charge on any atom is -0.455 e. The number of furan rings is 1. The second-order valence-corrected chi connectivity index (χ2v) is 7.04. The van der Waals surface area contributed by atoms with E-state index in [1.807, 2.05) is 30.3 Å². The van der Waals surface area contributed by atoms with E-state index in [0.717, 1.165) is 37.6 Å². The first kappa shape index (κ1) is 18.1. The lowest BCUT2D eigenvalue weighted by atomic mass is 10.2. The van der Waals surface area contributed by atoms with Gasteiger partial charge < -0.3 is 14.1 Å². The van der Waals surface area contributed by atoms with Crippen molar-refractivity contribution in [1.82, 2.24) is 0 Å². The molecule has 0 radical (unpaired) electrons. The van der Waals surface area contributed by atoms with Gasteiger partial charge in [-0.25, -0.2) is 0 Å². The minimum atomic E-state index is 0.555. The predicted octanol–water partition coefficient (Wildman–Crippen LogP) is 5.84. The summed E-state index contributed by atoms with van der Waals surface area (Å²) >= 11 is 12.2. The number of benzene rings is 2. The zero-order valence-corrected chi connectivity index (χ0v) is 16.1. The van der Waals surface area contributed by atoms with Gasteiger partial charge in [0.15, 0.2) is 0 Å². The van der Waals surface area contributed by atoms with Crippen molar-refractivity contribution < 1.29 is 9.15 Å². The normalized spacial score (nSPS) is 14.8. The van der Waals surface area contributed by atoms with Crippen molar-refractivity contribution in [3.63, 3.8) is 0 Å². The topological polar surface area (TPSA) is 38.0 Å². The van der Waals surface area contributed by atoms with Gasteiger partial charge in [0, 0.05) is 29.4 Å². The third-order valence-corrected chi connectivity index (χ3v) is 4.94. The molecule has 1 aromatic heterocycles. The molecule has 2 heterocycles. The number of aliphatic imine (C=N–C) groups is 1. The number of hydrogen-bond donors (Lipinski definition) is 0. The van der Waals surface area contributed by atoms with E-state index in [4.69, 9.17) is 32.4 Å². The zero-order chi connectivity index (χ0) is 18.6. The van der Waals surface area contributed by atoms with Crippen LogP contribution in [0.15, 0.2) is 64.0 Å². The van der Waals surface area contributed by atoms with Crippen LogP contribution in [0.3, 0.4) is 0 Å². The third-order valence-electron chi connectivity index (χ3n) is 4.39. The maximum absolute atomic E-state index is 6.24. The second kappa shape index (κ2) is 8.17. The molecule has 1 saturated heterocycles. The van der Waals surface area contributed by atoms with Crippen LogP contribution >= 0.6 is 23.2 Å². The molecule has 4 nitrogen and oxygen atoms in total. The van der Waals surface area contributed by atoms with Crippen LogP contribution in [0.5, 0.6) is 0 Å². The number of anilines is 1. The van der Waals surface area contributed by atoms with Gasteiger partial charge in [0.25, 0.3) is 0 Å². The molecule has 27 heavy (non-hydrogen) atoms. The molecule has 0 atom stereocenters. The first-order valence-corrected chi connectivity index (χ1v) is 9.47. The molecule has 0 aliphatic carbocycles. The van der Waals surface area contributed by atoms with E-state index < -0.39 is 0 Å². The molecule has 4 rings (SSSR count). The Morgan fingerprint density at radius 3 is 2.44 bits per heavy atom. The lowest BCUT2D eigenvalue weighted by molar-refractivity contribution is 0.122. The number of morpholine rings is 1. The van der Waals surface area contributed by atoms with E-state index in [2.05, 4.69) is 22.0 Å². The molecule has 138 valence electrons. The predicted molar refractivity (Wildman–Crippen MR) is 111 cm³/mol. The van der Waals surface area contributed by atoms with Crippen molar-refractivity contribution in [3.8, 4) is 11.3 Å². The fourth-order valence-corrected chi connectivity index (χ4v) is 3.47. The Bertz CT molecular complexity index is 945. The summed E-state index contributed by atoms with van der Waals surface area (Å²) in [6.45, 7) is 3.40. The Kier molecular flexibility index (Phi) is 5.48. The lowest BCUT2D eigenvalue weighted by Crippen LogP contribution is -2.36. The smallest absolute Gasteiger partial charge is 0.145 e. The SMILES string of the molecule is Clc1ccc(-c2ccc(C=Nc3ccc(N4CCOCC4)cc3)o2)c(Cl)c1. The molecule has 0 spiro atoms. The van der Waals surface area contributed by atoms with E-state index >= 15 is 0 Å². The summed E-state index contributed by atoms with van der Waals surface area (Å²) in [5.41, 5.74) is 2.86. The Hall–Kier alpha value is -2.27. The van der Waals surface area contributed by atoms with Crippen molar-refractivity contribution >= 4 is 40.8 Å². The highest BCUT2D eigenvalue weighted by atomic mass is 35.5.